The summed E-state index contributed by atoms with van der Waals surface area (Å²) < 4.78 is 15.9. The molecule has 0 saturated carbocycles. The van der Waals surface area contributed by atoms with Crippen molar-refractivity contribution in [2.45, 2.75) is 13.3 Å². The van der Waals surface area contributed by atoms with E-state index in [-0.39, 0.29) is 18.1 Å². The highest BCUT2D eigenvalue weighted by Crippen LogP contribution is 2.28. The van der Waals surface area contributed by atoms with Gasteiger partial charge in [0.2, 0.25) is 5.91 Å². The first-order chi connectivity index (χ1) is 15.5. The fourth-order valence-corrected chi connectivity index (χ4v) is 4.18. The molecule has 0 unspecified atom stereocenters. The molecule has 5 rings (SSSR count). The maximum atomic E-state index is 13.1. The lowest BCUT2D eigenvalue weighted by Crippen LogP contribution is -2.15. The number of rotatable bonds is 5. The van der Waals surface area contributed by atoms with Crippen LogP contribution in [0, 0.1) is 12.7 Å². The Kier molecular flexibility index (Phi) is 5.20. The van der Waals surface area contributed by atoms with Crippen molar-refractivity contribution in [1.82, 2.24) is 19.7 Å². The molecule has 6 nitrogen and oxygen atoms in total. The van der Waals surface area contributed by atoms with Crippen LogP contribution in [0.5, 0.6) is 0 Å². The number of hydrogen-bond donors (Lipinski definition) is 1. The molecule has 0 radical (unpaired) electrons. The molecule has 0 atom stereocenters. The predicted molar refractivity (Wildman–Crippen MR) is 123 cm³/mol. The molecule has 0 bridgehead atoms. The summed E-state index contributed by atoms with van der Waals surface area (Å²) in [4.78, 5) is 21.5. The van der Waals surface area contributed by atoms with Crippen molar-refractivity contribution in [3.63, 3.8) is 0 Å². The lowest BCUT2D eigenvalue weighted by Gasteiger charge is -2.07. The van der Waals surface area contributed by atoms with E-state index >= 15 is 0 Å². The third kappa shape index (κ3) is 4.13. The van der Waals surface area contributed by atoms with E-state index in [0.717, 1.165) is 27.2 Å². The number of pyridine rings is 1. The number of aryl methyl sites for hydroxylation is 1. The average Bonchev–Trinajstić information content (AvgIpc) is 3.41. The van der Waals surface area contributed by atoms with Crippen LogP contribution in [0.15, 0.2) is 72.2 Å². The van der Waals surface area contributed by atoms with Gasteiger partial charge < -0.3 is 5.32 Å². The first-order valence-corrected chi connectivity index (χ1v) is 10.9. The Balaban J connectivity index is 1.50. The first kappa shape index (κ1) is 20.0. The van der Waals surface area contributed by atoms with E-state index in [0.29, 0.717) is 17.2 Å². The second-order valence-electron chi connectivity index (χ2n) is 7.34. The van der Waals surface area contributed by atoms with E-state index in [4.69, 9.17) is 0 Å². The number of fused-ring (bicyclic) bond motifs is 1. The minimum absolute atomic E-state index is 0.0754. The highest BCUT2D eigenvalue weighted by atomic mass is 32.1. The maximum Gasteiger partial charge on any atom is 0.230 e. The summed E-state index contributed by atoms with van der Waals surface area (Å²) >= 11 is 1.57. The molecule has 32 heavy (non-hydrogen) atoms. The summed E-state index contributed by atoms with van der Waals surface area (Å²) in [5.74, 6) is 0.0902. The van der Waals surface area contributed by atoms with E-state index in [2.05, 4.69) is 26.4 Å². The molecule has 1 N–H and O–H groups in total. The van der Waals surface area contributed by atoms with Gasteiger partial charge in [-0.05, 0) is 61.5 Å². The van der Waals surface area contributed by atoms with Gasteiger partial charge in [0, 0.05) is 16.9 Å². The van der Waals surface area contributed by atoms with E-state index in [9.17, 15) is 9.18 Å². The van der Waals surface area contributed by atoms with Gasteiger partial charge in [-0.25, -0.2) is 19.0 Å². The zero-order valence-corrected chi connectivity index (χ0v) is 17.9. The van der Waals surface area contributed by atoms with Crippen LogP contribution in [0.2, 0.25) is 0 Å². The molecular formula is C24H18FN5OS. The molecule has 2 aromatic carbocycles. The number of nitrogens with one attached hydrogen (secondary N) is 1. The van der Waals surface area contributed by atoms with Gasteiger partial charge in [-0.1, -0.05) is 12.1 Å². The topological polar surface area (TPSA) is 72.7 Å². The van der Waals surface area contributed by atoms with Gasteiger partial charge >= 0.3 is 0 Å². The van der Waals surface area contributed by atoms with Gasteiger partial charge in [0.15, 0.2) is 5.82 Å². The molecule has 0 spiro atoms. The second kappa shape index (κ2) is 8.32. The van der Waals surface area contributed by atoms with Crippen LogP contribution in [0.4, 0.5) is 10.1 Å². The Morgan fingerprint density at radius 2 is 1.94 bits per heavy atom. The third-order valence-electron chi connectivity index (χ3n) is 4.95. The summed E-state index contributed by atoms with van der Waals surface area (Å²) in [5, 5.41) is 7.46. The van der Waals surface area contributed by atoms with Crippen molar-refractivity contribution < 1.29 is 9.18 Å². The molecular weight excluding hydrogens is 425 g/mol. The summed E-state index contributed by atoms with van der Waals surface area (Å²) in [7, 11) is 0. The molecule has 3 aromatic heterocycles. The normalized spacial score (nSPS) is 11.1. The summed E-state index contributed by atoms with van der Waals surface area (Å²) in [6.45, 7) is 1.92. The molecule has 0 aliphatic rings. The Bertz CT molecular complexity index is 1420. The Hall–Kier alpha value is -3.91. The SMILES string of the molecule is Cc1cccc(-n2nc(CC(=O)Nc3ccc(F)cc3)cc2-c2ccc3ncsc3c2)n1. The van der Waals surface area contributed by atoms with Crippen LogP contribution in [0.3, 0.4) is 0 Å². The molecule has 8 heteroatoms. The zero-order chi connectivity index (χ0) is 22.1. The average molecular weight is 444 g/mol. The number of halogens is 1. The van der Waals surface area contributed by atoms with Gasteiger partial charge in [-0.2, -0.15) is 5.10 Å². The fourth-order valence-electron chi connectivity index (χ4n) is 3.46. The van der Waals surface area contributed by atoms with Crippen molar-refractivity contribution in [2.75, 3.05) is 5.32 Å². The fraction of sp³-hybridized carbons (Fsp3) is 0.0833. The van der Waals surface area contributed by atoms with Crippen LogP contribution < -0.4 is 5.32 Å². The lowest BCUT2D eigenvalue weighted by atomic mass is 10.1. The van der Waals surface area contributed by atoms with Gasteiger partial charge in [-0.3, -0.25) is 4.79 Å². The number of carbonyl (C=O) groups excluding carboxylic acids is 1. The van der Waals surface area contributed by atoms with Crippen molar-refractivity contribution >= 4 is 33.1 Å². The monoisotopic (exact) mass is 443 g/mol. The number of carbonyl (C=O) groups is 1. The van der Waals surface area contributed by atoms with Crippen LogP contribution in [0.1, 0.15) is 11.4 Å². The Morgan fingerprint density at radius 3 is 2.75 bits per heavy atom. The number of amides is 1. The van der Waals surface area contributed by atoms with Gasteiger partial charge in [0.1, 0.15) is 5.82 Å². The third-order valence-corrected chi connectivity index (χ3v) is 5.74. The van der Waals surface area contributed by atoms with Crippen molar-refractivity contribution in [2.24, 2.45) is 0 Å². The van der Waals surface area contributed by atoms with Crippen LogP contribution in [-0.2, 0) is 11.2 Å². The van der Waals surface area contributed by atoms with E-state index in [1.807, 2.05) is 48.8 Å². The molecule has 5 aromatic rings. The number of nitrogens with zero attached hydrogens (tertiary/aromatic N) is 4. The van der Waals surface area contributed by atoms with Crippen LogP contribution >= 0.6 is 11.3 Å². The summed E-state index contributed by atoms with van der Waals surface area (Å²) in [6, 6.07) is 19.3. The minimum atomic E-state index is -0.352. The molecule has 0 aliphatic heterocycles. The highest BCUT2D eigenvalue weighted by molar-refractivity contribution is 7.16. The minimum Gasteiger partial charge on any atom is -0.326 e. The Labute approximate surface area is 187 Å². The molecule has 158 valence electrons. The van der Waals surface area contributed by atoms with Crippen molar-refractivity contribution in [3.8, 4) is 17.1 Å². The smallest absolute Gasteiger partial charge is 0.230 e. The van der Waals surface area contributed by atoms with Crippen molar-refractivity contribution in [1.29, 1.82) is 0 Å². The second-order valence-corrected chi connectivity index (χ2v) is 8.22. The largest absolute Gasteiger partial charge is 0.326 e. The molecule has 0 saturated heterocycles. The van der Waals surface area contributed by atoms with E-state index in [1.165, 1.54) is 24.3 Å². The number of aromatic nitrogens is 4. The molecule has 0 aliphatic carbocycles. The molecule has 1 amide bonds. The summed E-state index contributed by atoms with van der Waals surface area (Å²) in [5.41, 5.74) is 6.57. The van der Waals surface area contributed by atoms with Gasteiger partial charge in [0.05, 0.1) is 33.5 Å². The van der Waals surface area contributed by atoms with Crippen molar-refractivity contribution in [3.05, 3.63) is 89.4 Å². The number of anilines is 1. The number of benzene rings is 2. The van der Waals surface area contributed by atoms with E-state index < -0.39 is 0 Å². The van der Waals surface area contributed by atoms with Gasteiger partial charge in [0.25, 0.3) is 0 Å². The summed E-state index contributed by atoms with van der Waals surface area (Å²) in [6.07, 6.45) is 0.0754. The standard InChI is InChI=1S/C24H18FN5OS/c1-15-3-2-4-23(27-15)30-21(16-5-10-20-22(11-16)32-14-26-20)12-19(29-30)13-24(31)28-18-8-6-17(25)7-9-18/h2-12,14H,13H2,1H3,(H,28,31). The molecule has 3 heterocycles. The zero-order valence-electron chi connectivity index (χ0n) is 17.1. The number of hydrogen-bond acceptors (Lipinski definition) is 5. The quantitative estimate of drug-likeness (QED) is 0.407. The predicted octanol–water partition coefficient (Wildman–Crippen LogP) is 5.17. The first-order valence-electron chi connectivity index (χ1n) is 9.97. The van der Waals surface area contributed by atoms with E-state index in [1.54, 1.807) is 16.0 Å². The molecule has 0 fully saturated rings. The van der Waals surface area contributed by atoms with Gasteiger partial charge in [-0.15, -0.1) is 11.3 Å². The number of thiazole rings is 1. The maximum absolute atomic E-state index is 13.1. The lowest BCUT2D eigenvalue weighted by molar-refractivity contribution is -0.115. The van der Waals surface area contributed by atoms with Crippen LogP contribution in [0.25, 0.3) is 27.3 Å². The van der Waals surface area contributed by atoms with Crippen LogP contribution in [-0.4, -0.2) is 25.7 Å². The highest BCUT2D eigenvalue weighted by Gasteiger charge is 2.16. The Morgan fingerprint density at radius 1 is 1.09 bits per heavy atom.